The summed E-state index contributed by atoms with van der Waals surface area (Å²) in [6.07, 6.45) is -0.889. The number of carbonyl (C=O) groups excluding carboxylic acids is 2. The second kappa shape index (κ2) is 7.48. The molecule has 0 N–H and O–H groups in total. The van der Waals surface area contributed by atoms with Crippen molar-refractivity contribution in [1.29, 1.82) is 0 Å². The summed E-state index contributed by atoms with van der Waals surface area (Å²) in [5.74, 6) is 0.0264. The van der Waals surface area contributed by atoms with Gasteiger partial charge in [-0.05, 0) is 37.3 Å². The number of hydrogen-bond donors (Lipinski definition) is 0. The molecule has 2 heterocycles. The van der Waals surface area contributed by atoms with Gasteiger partial charge in [0.15, 0.2) is 6.10 Å². The number of para-hydroxylation sites is 2. The molecule has 0 spiro atoms. The van der Waals surface area contributed by atoms with Crippen molar-refractivity contribution in [2.75, 3.05) is 11.9 Å². The largest absolute Gasteiger partial charge is 0.488 e. The molecule has 0 radical (unpaired) electrons. The van der Waals surface area contributed by atoms with Crippen LogP contribution in [0.25, 0.3) is 10.4 Å². The Morgan fingerprint density at radius 2 is 1.82 bits per heavy atom. The van der Waals surface area contributed by atoms with E-state index in [-0.39, 0.29) is 5.91 Å². The van der Waals surface area contributed by atoms with Crippen LogP contribution in [-0.2, 0) is 16.1 Å². The Morgan fingerprint density at radius 3 is 2.61 bits per heavy atom. The van der Waals surface area contributed by atoms with Gasteiger partial charge in [-0.2, -0.15) is 0 Å². The van der Waals surface area contributed by atoms with Crippen LogP contribution in [0.4, 0.5) is 5.69 Å². The van der Waals surface area contributed by atoms with Crippen molar-refractivity contribution in [2.45, 2.75) is 19.6 Å². The van der Waals surface area contributed by atoms with Crippen LogP contribution < -0.4 is 9.64 Å². The van der Waals surface area contributed by atoms with Crippen molar-refractivity contribution >= 4 is 28.9 Å². The van der Waals surface area contributed by atoms with Gasteiger partial charge in [0.25, 0.3) is 5.91 Å². The molecule has 4 rings (SSSR count). The molecule has 0 aliphatic carbocycles. The van der Waals surface area contributed by atoms with Crippen molar-refractivity contribution in [3.8, 4) is 16.2 Å². The van der Waals surface area contributed by atoms with E-state index in [4.69, 9.17) is 9.47 Å². The van der Waals surface area contributed by atoms with E-state index in [1.165, 1.54) is 16.2 Å². The van der Waals surface area contributed by atoms with Crippen LogP contribution in [0.2, 0.25) is 0 Å². The molecular formula is C22H19NO4S. The molecule has 2 aromatic carbocycles. The van der Waals surface area contributed by atoms with Crippen molar-refractivity contribution < 1.29 is 19.1 Å². The maximum absolute atomic E-state index is 12.6. The van der Waals surface area contributed by atoms with Gasteiger partial charge in [0.05, 0.1) is 0 Å². The molecule has 1 aliphatic heterocycles. The molecule has 1 unspecified atom stereocenters. The predicted molar refractivity (Wildman–Crippen MR) is 109 cm³/mol. The lowest BCUT2D eigenvalue weighted by Gasteiger charge is -2.21. The minimum Gasteiger partial charge on any atom is -0.488 e. The van der Waals surface area contributed by atoms with E-state index in [0.717, 1.165) is 27.4 Å². The fraction of sp³-hybridized carbons (Fsp3) is 0.182. The van der Waals surface area contributed by atoms with Gasteiger partial charge < -0.3 is 14.4 Å². The zero-order valence-electron chi connectivity index (χ0n) is 15.5. The van der Waals surface area contributed by atoms with Gasteiger partial charge in [0.1, 0.15) is 17.2 Å². The van der Waals surface area contributed by atoms with Crippen LogP contribution in [0.3, 0.4) is 0 Å². The van der Waals surface area contributed by atoms with Crippen molar-refractivity contribution in [3.63, 3.8) is 0 Å². The number of carbonyl (C=O) groups is 2. The summed E-state index contributed by atoms with van der Waals surface area (Å²) in [6, 6.07) is 18.8. The Labute approximate surface area is 167 Å². The fourth-order valence-electron chi connectivity index (χ4n) is 3.12. The number of benzene rings is 2. The third kappa shape index (κ3) is 3.39. The standard InChI is InChI=1S/C22H19NO4S/c1-14(21(24)23(2)16-8-4-3-5-9-16)27-22(25)19-12-15-13-26-18-11-7-6-10-17(18)20(15)28-19/h3-12,14H,13H2,1-2H3. The van der Waals surface area contributed by atoms with E-state index in [0.29, 0.717) is 11.5 Å². The summed E-state index contributed by atoms with van der Waals surface area (Å²) in [5, 5.41) is 0. The Morgan fingerprint density at radius 1 is 1.11 bits per heavy atom. The average molecular weight is 393 g/mol. The number of fused-ring (bicyclic) bond motifs is 3. The van der Waals surface area contributed by atoms with E-state index in [9.17, 15) is 9.59 Å². The molecule has 0 saturated heterocycles. The fourth-order valence-corrected chi connectivity index (χ4v) is 4.20. The lowest BCUT2D eigenvalue weighted by molar-refractivity contribution is -0.126. The number of nitrogens with zero attached hydrogens (tertiary/aromatic N) is 1. The molecule has 1 aromatic heterocycles. The molecule has 1 aliphatic rings. The molecule has 1 atom stereocenters. The number of rotatable bonds is 4. The van der Waals surface area contributed by atoms with Crippen LogP contribution in [0.15, 0.2) is 60.7 Å². The highest BCUT2D eigenvalue weighted by Crippen LogP contribution is 2.42. The predicted octanol–water partition coefficient (Wildman–Crippen LogP) is 4.52. The van der Waals surface area contributed by atoms with E-state index in [2.05, 4.69) is 0 Å². The van der Waals surface area contributed by atoms with Gasteiger partial charge in [-0.1, -0.05) is 30.3 Å². The summed E-state index contributed by atoms with van der Waals surface area (Å²) in [5.41, 5.74) is 2.67. The van der Waals surface area contributed by atoms with Gasteiger partial charge in [0, 0.05) is 28.7 Å². The number of ether oxygens (including phenoxy) is 2. The monoisotopic (exact) mass is 393 g/mol. The average Bonchev–Trinajstić information content (AvgIpc) is 3.18. The van der Waals surface area contributed by atoms with Crippen molar-refractivity contribution in [2.24, 2.45) is 0 Å². The molecule has 142 valence electrons. The van der Waals surface area contributed by atoms with Crippen LogP contribution in [0.1, 0.15) is 22.2 Å². The molecule has 28 heavy (non-hydrogen) atoms. The van der Waals surface area contributed by atoms with Crippen molar-refractivity contribution in [3.05, 3.63) is 71.1 Å². The van der Waals surface area contributed by atoms with Gasteiger partial charge in [-0.15, -0.1) is 11.3 Å². The number of likely N-dealkylation sites (N-methyl/N-ethyl adjacent to an activating group) is 1. The van der Waals surface area contributed by atoms with Gasteiger partial charge in [0.2, 0.25) is 0 Å². The highest BCUT2D eigenvalue weighted by Gasteiger charge is 2.26. The molecule has 1 amide bonds. The summed E-state index contributed by atoms with van der Waals surface area (Å²) < 4.78 is 11.2. The number of amides is 1. The van der Waals surface area contributed by atoms with Gasteiger partial charge >= 0.3 is 5.97 Å². The second-order valence-corrected chi connectivity index (χ2v) is 7.58. The summed E-state index contributed by atoms with van der Waals surface area (Å²) in [7, 11) is 1.67. The topological polar surface area (TPSA) is 55.8 Å². The quantitative estimate of drug-likeness (QED) is 0.612. The first-order valence-electron chi connectivity index (χ1n) is 8.93. The minimum absolute atomic E-state index is 0.283. The zero-order valence-corrected chi connectivity index (χ0v) is 16.4. The first-order valence-corrected chi connectivity index (χ1v) is 9.75. The number of hydrogen-bond acceptors (Lipinski definition) is 5. The Kier molecular flexibility index (Phi) is 4.88. The van der Waals surface area contributed by atoms with Gasteiger partial charge in [-0.25, -0.2) is 4.79 Å². The molecular weight excluding hydrogens is 374 g/mol. The Balaban J connectivity index is 1.49. The first-order chi connectivity index (χ1) is 13.5. The molecule has 0 bridgehead atoms. The van der Waals surface area contributed by atoms with Crippen LogP contribution in [0.5, 0.6) is 5.75 Å². The SMILES string of the molecule is CC(OC(=O)c1cc2c(s1)-c1ccccc1OC2)C(=O)N(C)c1ccccc1. The summed E-state index contributed by atoms with van der Waals surface area (Å²) in [4.78, 5) is 28.2. The molecule has 5 nitrogen and oxygen atoms in total. The van der Waals surface area contributed by atoms with E-state index < -0.39 is 12.1 Å². The molecule has 3 aromatic rings. The van der Waals surface area contributed by atoms with E-state index >= 15 is 0 Å². The summed E-state index contributed by atoms with van der Waals surface area (Å²) >= 11 is 1.37. The van der Waals surface area contributed by atoms with E-state index in [1.807, 2.05) is 54.6 Å². The number of esters is 1. The smallest absolute Gasteiger partial charge is 0.349 e. The normalized spacial score (nSPS) is 12.9. The third-order valence-electron chi connectivity index (χ3n) is 4.63. The highest BCUT2D eigenvalue weighted by atomic mass is 32.1. The molecule has 6 heteroatoms. The minimum atomic E-state index is -0.889. The Bertz CT molecular complexity index is 1030. The number of thiophene rings is 1. The van der Waals surface area contributed by atoms with Crippen LogP contribution in [-0.4, -0.2) is 25.0 Å². The Hall–Kier alpha value is -3.12. The second-order valence-electron chi connectivity index (χ2n) is 6.53. The third-order valence-corrected chi connectivity index (χ3v) is 5.82. The lowest BCUT2D eigenvalue weighted by atomic mass is 10.1. The first kappa shape index (κ1) is 18.3. The lowest BCUT2D eigenvalue weighted by Crippen LogP contribution is -2.37. The molecule has 0 fully saturated rings. The maximum Gasteiger partial charge on any atom is 0.349 e. The highest BCUT2D eigenvalue weighted by molar-refractivity contribution is 7.17. The van der Waals surface area contributed by atoms with Gasteiger partial charge in [-0.3, -0.25) is 4.79 Å². The number of anilines is 1. The molecule has 0 saturated carbocycles. The maximum atomic E-state index is 12.6. The van der Waals surface area contributed by atoms with E-state index in [1.54, 1.807) is 20.0 Å². The summed E-state index contributed by atoms with van der Waals surface area (Å²) in [6.45, 7) is 2.01. The van der Waals surface area contributed by atoms with Crippen LogP contribution in [0, 0.1) is 0 Å². The van der Waals surface area contributed by atoms with Crippen molar-refractivity contribution in [1.82, 2.24) is 0 Å². The van der Waals surface area contributed by atoms with Crippen LogP contribution >= 0.6 is 11.3 Å². The zero-order chi connectivity index (χ0) is 19.7.